The number of aromatic nitrogens is 5. The zero-order chi connectivity index (χ0) is 24.7. The molecule has 1 unspecified atom stereocenters. The number of benzene rings is 2. The van der Waals surface area contributed by atoms with Gasteiger partial charge in [0.2, 0.25) is 5.91 Å². The minimum Gasteiger partial charge on any atom is -0.495 e. The Kier molecular flexibility index (Phi) is 5.54. The molecular weight excluding hydrogens is 461 g/mol. The number of nitrogens with zero attached hydrogens (tertiary/aromatic N) is 5. The van der Waals surface area contributed by atoms with Crippen LogP contribution < -0.4 is 10.1 Å². The van der Waals surface area contributed by atoms with Crippen LogP contribution in [0.5, 0.6) is 5.75 Å². The van der Waals surface area contributed by atoms with E-state index in [0.717, 1.165) is 29.1 Å². The van der Waals surface area contributed by atoms with Crippen LogP contribution in [0.15, 0.2) is 55.1 Å². The third-order valence-electron chi connectivity index (χ3n) is 5.98. The molecule has 2 aromatic heterocycles. The van der Waals surface area contributed by atoms with Gasteiger partial charge >= 0.3 is 6.18 Å². The summed E-state index contributed by atoms with van der Waals surface area (Å²) in [5.74, 6) is 0.251. The van der Waals surface area contributed by atoms with Crippen LogP contribution in [0.25, 0.3) is 16.9 Å². The Morgan fingerprint density at radius 3 is 2.69 bits per heavy atom. The molecule has 180 valence electrons. The third-order valence-corrected chi connectivity index (χ3v) is 5.98. The maximum atomic E-state index is 13.1. The molecule has 11 heteroatoms. The van der Waals surface area contributed by atoms with E-state index in [0.29, 0.717) is 22.7 Å². The van der Waals surface area contributed by atoms with Crippen LogP contribution in [0.2, 0.25) is 0 Å². The molecule has 0 bridgehead atoms. The molecule has 0 saturated heterocycles. The molecule has 1 amide bonds. The molecule has 35 heavy (non-hydrogen) atoms. The van der Waals surface area contributed by atoms with Crippen LogP contribution in [-0.2, 0) is 17.4 Å². The van der Waals surface area contributed by atoms with Gasteiger partial charge in [0.15, 0.2) is 0 Å². The first-order chi connectivity index (χ1) is 16.7. The summed E-state index contributed by atoms with van der Waals surface area (Å²) in [5, 5.41) is 11.1. The fourth-order valence-corrected chi connectivity index (χ4v) is 4.16. The number of halogens is 3. The molecule has 8 nitrogen and oxygen atoms in total. The second-order valence-electron chi connectivity index (χ2n) is 8.31. The molecule has 1 N–H and O–H groups in total. The molecule has 1 aliphatic heterocycles. The van der Waals surface area contributed by atoms with Gasteiger partial charge < -0.3 is 14.6 Å². The van der Waals surface area contributed by atoms with E-state index in [1.165, 1.54) is 10.7 Å². The highest BCUT2D eigenvalue weighted by Crippen LogP contribution is 2.35. The maximum Gasteiger partial charge on any atom is 0.416 e. The predicted octanol–water partition coefficient (Wildman–Crippen LogP) is 4.59. The number of ether oxygens (including phenoxy) is 1. The molecule has 1 atom stereocenters. The smallest absolute Gasteiger partial charge is 0.416 e. The number of methoxy groups -OCH3 is 1. The lowest BCUT2D eigenvalue weighted by atomic mass is 10.0. The van der Waals surface area contributed by atoms with Crippen molar-refractivity contribution in [2.75, 3.05) is 12.4 Å². The molecule has 4 aromatic rings. The van der Waals surface area contributed by atoms with E-state index in [2.05, 4.69) is 20.6 Å². The third kappa shape index (κ3) is 4.36. The van der Waals surface area contributed by atoms with Gasteiger partial charge in [-0.2, -0.15) is 13.2 Å². The Bertz CT molecular complexity index is 1410. The Morgan fingerprint density at radius 1 is 1.14 bits per heavy atom. The van der Waals surface area contributed by atoms with E-state index < -0.39 is 17.8 Å². The first-order valence-corrected chi connectivity index (χ1v) is 10.8. The molecular formula is C24H21F3N6O2. The molecule has 1 aliphatic rings. The standard InChI is InChI=1S/C24H21F3N6O2/c1-14-11-32(13-28-14)20-7-3-16(10-22(20)35-2)19-12-33(31-30-19)21-8-4-15-9-17(24(25,26)27)5-6-18(15)29-23(21)34/h3,5-7,9-13,21H,4,8H2,1-2H3,(H,29,34). The van der Waals surface area contributed by atoms with Crippen molar-refractivity contribution < 1.29 is 22.7 Å². The summed E-state index contributed by atoms with van der Waals surface area (Å²) < 4.78 is 48.1. The number of hydrogen-bond acceptors (Lipinski definition) is 5. The summed E-state index contributed by atoms with van der Waals surface area (Å²) in [4.78, 5) is 17.1. The first kappa shape index (κ1) is 22.6. The summed E-state index contributed by atoms with van der Waals surface area (Å²) in [6.07, 6.45) is 1.35. The van der Waals surface area contributed by atoms with E-state index in [1.807, 2.05) is 35.9 Å². The number of fused-ring (bicyclic) bond motifs is 1. The van der Waals surface area contributed by atoms with E-state index in [-0.39, 0.29) is 18.7 Å². The van der Waals surface area contributed by atoms with Crippen LogP contribution in [-0.4, -0.2) is 37.6 Å². The van der Waals surface area contributed by atoms with Gasteiger partial charge in [-0.15, -0.1) is 5.10 Å². The normalized spacial score (nSPS) is 15.9. The van der Waals surface area contributed by atoms with E-state index in [9.17, 15) is 18.0 Å². The monoisotopic (exact) mass is 482 g/mol. The highest BCUT2D eigenvalue weighted by molar-refractivity contribution is 5.95. The number of rotatable bonds is 4. The maximum absolute atomic E-state index is 13.1. The van der Waals surface area contributed by atoms with Crippen LogP contribution in [0.3, 0.4) is 0 Å². The highest BCUT2D eigenvalue weighted by Gasteiger charge is 2.33. The lowest BCUT2D eigenvalue weighted by Gasteiger charge is -2.13. The number of hydrogen-bond donors (Lipinski definition) is 1. The number of nitrogens with one attached hydrogen (secondary N) is 1. The van der Waals surface area contributed by atoms with Crippen LogP contribution in [0.1, 0.15) is 29.3 Å². The summed E-state index contributed by atoms with van der Waals surface area (Å²) in [7, 11) is 1.57. The zero-order valence-corrected chi connectivity index (χ0v) is 18.9. The zero-order valence-electron chi connectivity index (χ0n) is 18.9. The van der Waals surface area contributed by atoms with Gasteiger partial charge in [0, 0.05) is 17.4 Å². The number of aryl methyl sites for hydroxylation is 2. The van der Waals surface area contributed by atoms with Crippen molar-refractivity contribution in [1.29, 1.82) is 0 Å². The number of amides is 1. The van der Waals surface area contributed by atoms with E-state index in [1.54, 1.807) is 19.6 Å². The van der Waals surface area contributed by atoms with Gasteiger partial charge in [-0.1, -0.05) is 11.3 Å². The van der Waals surface area contributed by atoms with Gasteiger partial charge in [0.1, 0.15) is 17.5 Å². The van der Waals surface area contributed by atoms with Crippen molar-refractivity contribution >= 4 is 11.6 Å². The summed E-state index contributed by atoms with van der Waals surface area (Å²) in [6, 6.07) is 8.19. The first-order valence-electron chi connectivity index (χ1n) is 10.8. The molecule has 5 rings (SSSR count). The number of carbonyl (C=O) groups is 1. The fourth-order valence-electron chi connectivity index (χ4n) is 4.16. The van der Waals surface area contributed by atoms with E-state index in [4.69, 9.17) is 4.74 Å². The number of anilines is 1. The van der Waals surface area contributed by atoms with Gasteiger partial charge in [0.25, 0.3) is 0 Å². The Morgan fingerprint density at radius 2 is 1.97 bits per heavy atom. The molecule has 0 aliphatic carbocycles. The molecule has 3 heterocycles. The van der Waals surface area contributed by atoms with Gasteiger partial charge in [-0.25, -0.2) is 9.67 Å². The van der Waals surface area contributed by atoms with E-state index >= 15 is 0 Å². The average molecular weight is 482 g/mol. The minimum atomic E-state index is -4.45. The number of alkyl halides is 3. The molecule has 0 saturated carbocycles. The van der Waals surface area contributed by atoms with Crippen LogP contribution in [0, 0.1) is 6.92 Å². The summed E-state index contributed by atoms with van der Waals surface area (Å²) >= 11 is 0. The predicted molar refractivity (Wildman–Crippen MR) is 121 cm³/mol. The van der Waals surface area contributed by atoms with Crippen molar-refractivity contribution in [1.82, 2.24) is 24.5 Å². The quantitative estimate of drug-likeness (QED) is 0.460. The van der Waals surface area contributed by atoms with Crippen molar-refractivity contribution in [3.05, 3.63) is 71.9 Å². The van der Waals surface area contributed by atoms with Gasteiger partial charge in [0.05, 0.1) is 36.6 Å². The topological polar surface area (TPSA) is 86.9 Å². The Labute approximate surface area is 198 Å². The van der Waals surface area contributed by atoms with Crippen molar-refractivity contribution in [3.8, 4) is 22.7 Å². The molecule has 2 aromatic carbocycles. The molecule has 0 spiro atoms. The second-order valence-corrected chi connectivity index (χ2v) is 8.31. The number of carbonyl (C=O) groups excluding carboxylic acids is 1. The van der Waals surface area contributed by atoms with Gasteiger partial charge in [-0.3, -0.25) is 4.79 Å². The largest absolute Gasteiger partial charge is 0.495 e. The summed E-state index contributed by atoms with van der Waals surface area (Å²) in [6.45, 7) is 1.90. The minimum absolute atomic E-state index is 0.282. The average Bonchev–Trinajstić information content (AvgIpc) is 3.45. The van der Waals surface area contributed by atoms with Crippen LogP contribution >= 0.6 is 0 Å². The van der Waals surface area contributed by atoms with Gasteiger partial charge in [-0.05, 0) is 55.7 Å². The lowest BCUT2D eigenvalue weighted by Crippen LogP contribution is -2.25. The SMILES string of the molecule is COc1cc(-c2cn(C3CCc4cc(C(F)(F)F)ccc4NC3=O)nn2)ccc1-n1cnc(C)c1. The van der Waals surface area contributed by atoms with Crippen LogP contribution in [0.4, 0.5) is 18.9 Å². The lowest BCUT2D eigenvalue weighted by molar-refractivity contribution is -0.137. The van der Waals surface area contributed by atoms with Crippen molar-refractivity contribution in [2.45, 2.75) is 32.0 Å². The summed E-state index contributed by atoms with van der Waals surface area (Å²) in [5.41, 5.74) is 3.02. The number of imidazole rings is 1. The second kappa shape index (κ2) is 8.57. The highest BCUT2D eigenvalue weighted by atomic mass is 19.4. The molecule has 0 fully saturated rings. The molecule has 0 radical (unpaired) electrons. The van der Waals surface area contributed by atoms with Crippen molar-refractivity contribution in [2.24, 2.45) is 0 Å². The Hall–Kier alpha value is -4.15. The van der Waals surface area contributed by atoms with Crippen molar-refractivity contribution in [3.63, 3.8) is 0 Å². The Balaban J connectivity index is 1.40. The fraction of sp³-hybridized carbons (Fsp3) is 0.250.